The van der Waals surface area contributed by atoms with Crippen molar-refractivity contribution in [2.24, 2.45) is 0 Å². The molecule has 1 N–H and O–H groups in total. The van der Waals surface area contributed by atoms with Crippen LogP contribution in [0.5, 0.6) is 0 Å². The Kier molecular flexibility index (Phi) is 7.10. The lowest BCUT2D eigenvalue weighted by atomic mass is 9.97. The molecule has 2 amide bonds. The Morgan fingerprint density at radius 3 is 2.42 bits per heavy atom. The SMILES string of the molecule is Cc1nc(C(C)C)c(Cc2cccc(Cl)c2)c(N2CCN(C(=O)NC(C)(C)C)CC2)n1. The number of amides is 2. The highest BCUT2D eigenvalue weighted by atomic mass is 35.5. The fourth-order valence-corrected chi connectivity index (χ4v) is 4.10. The van der Waals surface area contributed by atoms with Gasteiger partial charge < -0.3 is 15.1 Å². The van der Waals surface area contributed by atoms with Gasteiger partial charge in [0.2, 0.25) is 0 Å². The molecule has 7 heteroatoms. The molecular weight excluding hydrogens is 410 g/mol. The lowest BCUT2D eigenvalue weighted by molar-refractivity contribution is 0.185. The maximum Gasteiger partial charge on any atom is 0.317 e. The van der Waals surface area contributed by atoms with Gasteiger partial charge in [-0.05, 0) is 51.3 Å². The molecule has 1 aromatic heterocycles. The van der Waals surface area contributed by atoms with E-state index in [1.54, 1.807) is 0 Å². The number of nitrogens with one attached hydrogen (secondary N) is 1. The van der Waals surface area contributed by atoms with E-state index in [0.717, 1.165) is 53.0 Å². The van der Waals surface area contributed by atoms with Crippen LogP contribution in [0.2, 0.25) is 5.02 Å². The number of aryl methyl sites for hydroxylation is 1. The van der Waals surface area contributed by atoms with Gasteiger partial charge in [0.05, 0.1) is 5.69 Å². The molecule has 2 aromatic rings. The van der Waals surface area contributed by atoms with Gasteiger partial charge in [-0.15, -0.1) is 0 Å². The first-order valence-electron chi connectivity index (χ1n) is 11.0. The molecule has 1 aliphatic heterocycles. The first-order valence-corrected chi connectivity index (χ1v) is 11.3. The van der Waals surface area contributed by atoms with Crippen LogP contribution >= 0.6 is 11.6 Å². The van der Waals surface area contributed by atoms with E-state index in [1.165, 1.54) is 0 Å². The summed E-state index contributed by atoms with van der Waals surface area (Å²) in [7, 11) is 0. The van der Waals surface area contributed by atoms with E-state index < -0.39 is 0 Å². The number of hydrogen-bond donors (Lipinski definition) is 1. The minimum atomic E-state index is -0.242. The van der Waals surface area contributed by atoms with Crippen LogP contribution in [0.4, 0.5) is 10.6 Å². The van der Waals surface area contributed by atoms with E-state index in [1.807, 2.05) is 50.8 Å². The molecular formula is C24H34ClN5O. The minimum Gasteiger partial charge on any atom is -0.353 e. The number of piperazine rings is 1. The third-order valence-corrected chi connectivity index (χ3v) is 5.53. The molecule has 2 heterocycles. The lowest BCUT2D eigenvalue weighted by Gasteiger charge is -2.38. The number of nitrogens with zero attached hydrogens (tertiary/aromatic N) is 4. The number of benzene rings is 1. The molecule has 1 fully saturated rings. The number of halogens is 1. The lowest BCUT2D eigenvalue weighted by Crippen LogP contribution is -2.55. The smallest absolute Gasteiger partial charge is 0.317 e. The third kappa shape index (κ3) is 6.10. The molecule has 31 heavy (non-hydrogen) atoms. The quantitative estimate of drug-likeness (QED) is 0.738. The van der Waals surface area contributed by atoms with Crippen molar-refractivity contribution in [3.63, 3.8) is 0 Å². The van der Waals surface area contributed by atoms with Gasteiger partial charge in [-0.2, -0.15) is 0 Å². The molecule has 6 nitrogen and oxygen atoms in total. The molecule has 1 saturated heterocycles. The summed E-state index contributed by atoms with van der Waals surface area (Å²) in [4.78, 5) is 26.4. The summed E-state index contributed by atoms with van der Waals surface area (Å²) >= 11 is 6.23. The molecule has 0 unspecified atom stereocenters. The third-order valence-electron chi connectivity index (χ3n) is 5.29. The zero-order valence-electron chi connectivity index (χ0n) is 19.5. The molecule has 0 atom stereocenters. The van der Waals surface area contributed by atoms with Crippen molar-refractivity contribution in [1.29, 1.82) is 0 Å². The van der Waals surface area contributed by atoms with E-state index in [0.29, 0.717) is 13.1 Å². The van der Waals surface area contributed by atoms with Crippen LogP contribution in [0.1, 0.15) is 63.2 Å². The van der Waals surface area contributed by atoms with Crippen LogP contribution in [0.15, 0.2) is 24.3 Å². The molecule has 1 aromatic carbocycles. The predicted molar refractivity (Wildman–Crippen MR) is 127 cm³/mol. The topological polar surface area (TPSA) is 61.4 Å². The Morgan fingerprint density at radius 2 is 1.84 bits per heavy atom. The average Bonchev–Trinajstić information content (AvgIpc) is 2.67. The van der Waals surface area contributed by atoms with Gasteiger partial charge in [-0.3, -0.25) is 0 Å². The highest BCUT2D eigenvalue weighted by Gasteiger charge is 2.27. The van der Waals surface area contributed by atoms with Gasteiger partial charge >= 0.3 is 6.03 Å². The summed E-state index contributed by atoms with van der Waals surface area (Å²) in [6, 6.07) is 7.96. The fraction of sp³-hybridized carbons (Fsp3) is 0.542. The van der Waals surface area contributed by atoms with Crippen LogP contribution in [0.25, 0.3) is 0 Å². The predicted octanol–water partition coefficient (Wildman–Crippen LogP) is 4.78. The summed E-state index contributed by atoms with van der Waals surface area (Å²) in [6.07, 6.45) is 0.731. The molecule has 0 aliphatic carbocycles. The number of aromatic nitrogens is 2. The molecule has 3 rings (SSSR count). The Balaban J connectivity index is 1.86. The zero-order valence-corrected chi connectivity index (χ0v) is 20.3. The van der Waals surface area contributed by atoms with Crippen molar-refractivity contribution >= 4 is 23.4 Å². The average molecular weight is 444 g/mol. The van der Waals surface area contributed by atoms with E-state index in [9.17, 15) is 4.79 Å². The number of hydrogen-bond acceptors (Lipinski definition) is 4. The Bertz CT molecular complexity index is 930. The minimum absolute atomic E-state index is 0.00645. The maximum absolute atomic E-state index is 12.6. The highest BCUT2D eigenvalue weighted by Crippen LogP contribution is 2.30. The van der Waals surface area contributed by atoms with Gasteiger partial charge in [0, 0.05) is 48.7 Å². The number of carbonyl (C=O) groups excluding carboxylic acids is 1. The number of urea groups is 1. The Morgan fingerprint density at radius 1 is 1.16 bits per heavy atom. The molecule has 0 radical (unpaired) electrons. The second-order valence-electron chi connectivity index (χ2n) is 9.57. The molecule has 1 aliphatic rings. The molecule has 168 valence electrons. The summed E-state index contributed by atoms with van der Waals surface area (Å²) in [5.41, 5.74) is 3.13. The van der Waals surface area contributed by atoms with E-state index >= 15 is 0 Å². The first kappa shape index (κ1) is 23.3. The maximum atomic E-state index is 12.6. The van der Waals surface area contributed by atoms with Gasteiger partial charge in [0.1, 0.15) is 11.6 Å². The van der Waals surface area contributed by atoms with Crippen molar-refractivity contribution in [3.05, 3.63) is 51.9 Å². The van der Waals surface area contributed by atoms with Crippen LogP contribution in [0, 0.1) is 6.92 Å². The van der Waals surface area contributed by atoms with Crippen molar-refractivity contribution in [2.45, 2.75) is 59.4 Å². The summed E-state index contributed by atoms with van der Waals surface area (Å²) in [5.74, 6) is 2.04. The monoisotopic (exact) mass is 443 g/mol. The fourth-order valence-electron chi connectivity index (χ4n) is 3.88. The molecule has 0 saturated carbocycles. The number of carbonyl (C=O) groups is 1. The van der Waals surface area contributed by atoms with Crippen LogP contribution in [-0.2, 0) is 6.42 Å². The van der Waals surface area contributed by atoms with Gasteiger partial charge in [0.15, 0.2) is 0 Å². The number of anilines is 1. The number of rotatable bonds is 4. The van der Waals surface area contributed by atoms with Crippen molar-refractivity contribution in [1.82, 2.24) is 20.2 Å². The second-order valence-corrected chi connectivity index (χ2v) is 10.0. The van der Waals surface area contributed by atoms with Gasteiger partial charge in [0.25, 0.3) is 0 Å². The standard InChI is InChI=1S/C24H34ClN5O/c1-16(2)21-20(15-18-8-7-9-19(25)14-18)22(27-17(3)26-21)29-10-12-30(13-11-29)23(31)28-24(4,5)6/h7-9,14,16H,10-13,15H2,1-6H3,(H,28,31). The van der Waals surface area contributed by atoms with Gasteiger partial charge in [-0.1, -0.05) is 37.6 Å². The summed E-state index contributed by atoms with van der Waals surface area (Å²) in [6.45, 7) is 15.1. The molecule has 0 spiro atoms. The van der Waals surface area contributed by atoms with Crippen LogP contribution in [0.3, 0.4) is 0 Å². The van der Waals surface area contributed by atoms with Crippen molar-refractivity contribution < 1.29 is 4.79 Å². The van der Waals surface area contributed by atoms with E-state index in [4.69, 9.17) is 21.6 Å². The Hall–Kier alpha value is -2.34. The van der Waals surface area contributed by atoms with Crippen LogP contribution in [-0.4, -0.2) is 52.6 Å². The first-order chi connectivity index (χ1) is 14.5. The van der Waals surface area contributed by atoms with Crippen LogP contribution < -0.4 is 10.2 Å². The van der Waals surface area contributed by atoms with Crippen molar-refractivity contribution in [2.75, 3.05) is 31.1 Å². The van der Waals surface area contributed by atoms with E-state index in [2.05, 4.69) is 30.1 Å². The van der Waals surface area contributed by atoms with E-state index in [-0.39, 0.29) is 17.5 Å². The largest absolute Gasteiger partial charge is 0.353 e. The highest BCUT2D eigenvalue weighted by molar-refractivity contribution is 6.30. The summed E-state index contributed by atoms with van der Waals surface area (Å²) < 4.78 is 0. The second kappa shape index (κ2) is 9.43. The zero-order chi connectivity index (χ0) is 22.8. The Labute approximate surface area is 191 Å². The van der Waals surface area contributed by atoms with Crippen molar-refractivity contribution in [3.8, 4) is 0 Å². The normalized spacial score (nSPS) is 14.8. The summed E-state index contributed by atoms with van der Waals surface area (Å²) in [5, 5.41) is 3.79. The molecule has 0 bridgehead atoms. The van der Waals surface area contributed by atoms with Gasteiger partial charge in [-0.25, -0.2) is 14.8 Å².